The highest BCUT2D eigenvalue weighted by molar-refractivity contribution is 7.80. The highest BCUT2D eigenvalue weighted by atomic mass is 32.1. The number of carboxylic acids is 1. The van der Waals surface area contributed by atoms with Gasteiger partial charge in [-0.25, -0.2) is 4.79 Å². The van der Waals surface area contributed by atoms with Crippen molar-refractivity contribution in [1.82, 2.24) is 10.6 Å². The SMILES string of the molecule is CC(C)CC(NC(=O)C(CS)NC(=O)C(N)Cc1ccccc1)C(=O)O. The monoisotopic (exact) mass is 381 g/mol. The van der Waals surface area contributed by atoms with Crippen molar-refractivity contribution in [3.63, 3.8) is 0 Å². The van der Waals surface area contributed by atoms with Gasteiger partial charge >= 0.3 is 5.97 Å². The normalized spacial score (nSPS) is 14.3. The second kappa shape index (κ2) is 10.8. The molecule has 144 valence electrons. The molecule has 0 aliphatic rings. The molecule has 3 atom stereocenters. The Labute approximate surface area is 159 Å². The van der Waals surface area contributed by atoms with Crippen LogP contribution in [-0.2, 0) is 20.8 Å². The summed E-state index contributed by atoms with van der Waals surface area (Å²) in [6.45, 7) is 3.73. The molecule has 0 bridgehead atoms. The number of hydrogen-bond acceptors (Lipinski definition) is 5. The second-order valence-electron chi connectivity index (χ2n) is 6.57. The molecule has 0 spiro atoms. The minimum atomic E-state index is -1.11. The zero-order chi connectivity index (χ0) is 19.7. The Hall–Kier alpha value is -2.06. The number of carbonyl (C=O) groups is 3. The van der Waals surface area contributed by atoms with Crippen LogP contribution in [0.25, 0.3) is 0 Å². The van der Waals surface area contributed by atoms with E-state index in [-0.39, 0.29) is 11.7 Å². The standard InChI is InChI=1S/C18H27N3O4S/c1-11(2)8-14(18(24)25)20-17(23)15(10-26)21-16(22)13(19)9-12-6-4-3-5-7-12/h3-7,11,13-15,26H,8-10,19H2,1-2H3,(H,20,23)(H,21,22)(H,24,25). The van der Waals surface area contributed by atoms with Crippen LogP contribution < -0.4 is 16.4 Å². The lowest BCUT2D eigenvalue weighted by Crippen LogP contribution is -2.55. The van der Waals surface area contributed by atoms with Crippen LogP contribution in [0.15, 0.2) is 30.3 Å². The second-order valence-corrected chi connectivity index (χ2v) is 6.93. The number of nitrogens with one attached hydrogen (secondary N) is 2. The average Bonchev–Trinajstić information content (AvgIpc) is 2.58. The van der Waals surface area contributed by atoms with E-state index in [9.17, 15) is 19.5 Å². The lowest BCUT2D eigenvalue weighted by Gasteiger charge is -2.22. The molecule has 0 fully saturated rings. The molecular formula is C18H27N3O4S. The van der Waals surface area contributed by atoms with Crippen LogP contribution in [0.5, 0.6) is 0 Å². The molecule has 0 radical (unpaired) electrons. The van der Waals surface area contributed by atoms with E-state index in [1.165, 1.54) is 0 Å². The summed E-state index contributed by atoms with van der Waals surface area (Å²) >= 11 is 4.08. The fraction of sp³-hybridized carbons (Fsp3) is 0.500. The molecule has 0 saturated heterocycles. The highest BCUT2D eigenvalue weighted by Gasteiger charge is 2.27. The average molecular weight is 381 g/mol. The molecule has 0 saturated carbocycles. The summed E-state index contributed by atoms with van der Waals surface area (Å²) in [5, 5.41) is 14.2. The molecule has 1 rings (SSSR count). The molecule has 7 nitrogen and oxygen atoms in total. The van der Waals surface area contributed by atoms with Gasteiger partial charge in [-0.05, 0) is 24.3 Å². The quantitative estimate of drug-likeness (QED) is 0.380. The Morgan fingerprint density at radius 1 is 1.08 bits per heavy atom. The Kier molecular flexibility index (Phi) is 9.15. The Bertz CT molecular complexity index is 610. The van der Waals surface area contributed by atoms with E-state index in [1.807, 2.05) is 44.2 Å². The maximum Gasteiger partial charge on any atom is 0.326 e. The number of carboxylic acid groups (broad SMARTS) is 1. The summed E-state index contributed by atoms with van der Waals surface area (Å²) < 4.78 is 0. The number of hydrogen-bond donors (Lipinski definition) is 5. The summed E-state index contributed by atoms with van der Waals surface area (Å²) in [7, 11) is 0. The lowest BCUT2D eigenvalue weighted by atomic mass is 10.0. The van der Waals surface area contributed by atoms with Crippen LogP contribution in [0.4, 0.5) is 0 Å². The first-order chi connectivity index (χ1) is 12.2. The van der Waals surface area contributed by atoms with E-state index >= 15 is 0 Å². The van der Waals surface area contributed by atoms with Gasteiger partial charge in [0.05, 0.1) is 6.04 Å². The summed E-state index contributed by atoms with van der Waals surface area (Å²) in [5.41, 5.74) is 6.81. The van der Waals surface area contributed by atoms with Crippen LogP contribution in [0.3, 0.4) is 0 Å². The maximum absolute atomic E-state index is 12.3. The van der Waals surface area contributed by atoms with Crippen LogP contribution >= 0.6 is 12.6 Å². The summed E-state index contributed by atoms with van der Waals surface area (Å²) in [6, 6.07) is 6.50. The van der Waals surface area contributed by atoms with Crippen LogP contribution in [-0.4, -0.2) is 46.8 Å². The lowest BCUT2D eigenvalue weighted by molar-refractivity contribution is -0.142. The van der Waals surface area contributed by atoms with Gasteiger partial charge in [0.2, 0.25) is 11.8 Å². The summed E-state index contributed by atoms with van der Waals surface area (Å²) in [5.74, 6) is -2.06. The van der Waals surface area contributed by atoms with Crippen molar-refractivity contribution < 1.29 is 19.5 Å². The molecule has 3 unspecified atom stereocenters. The molecule has 5 N–H and O–H groups in total. The topological polar surface area (TPSA) is 122 Å². The molecule has 0 aliphatic heterocycles. The highest BCUT2D eigenvalue weighted by Crippen LogP contribution is 2.06. The van der Waals surface area contributed by atoms with Gasteiger partial charge in [-0.3, -0.25) is 9.59 Å². The van der Waals surface area contributed by atoms with Crippen molar-refractivity contribution in [2.75, 3.05) is 5.75 Å². The number of aliphatic carboxylic acids is 1. The van der Waals surface area contributed by atoms with E-state index < -0.39 is 35.9 Å². The van der Waals surface area contributed by atoms with Crippen molar-refractivity contribution in [1.29, 1.82) is 0 Å². The minimum absolute atomic E-state index is 0.0314. The molecule has 1 aromatic carbocycles. The minimum Gasteiger partial charge on any atom is -0.480 e. The van der Waals surface area contributed by atoms with Crippen LogP contribution in [0, 0.1) is 5.92 Å². The van der Waals surface area contributed by atoms with Crippen LogP contribution in [0.2, 0.25) is 0 Å². The maximum atomic E-state index is 12.3. The summed E-state index contributed by atoms with van der Waals surface area (Å²) in [6.07, 6.45) is 0.626. The van der Waals surface area contributed by atoms with Gasteiger partial charge in [0, 0.05) is 5.75 Å². The number of carbonyl (C=O) groups excluding carboxylic acids is 2. The fourth-order valence-electron chi connectivity index (χ4n) is 2.40. The van der Waals surface area contributed by atoms with Crippen molar-refractivity contribution in [3.05, 3.63) is 35.9 Å². The Morgan fingerprint density at radius 2 is 1.65 bits per heavy atom. The van der Waals surface area contributed by atoms with Gasteiger partial charge in [0.15, 0.2) is 0 Å². The number of benzene rings is 1. The van der Waals surface area contributed by atoms with Gasteiger partial charge < -0.3 is 21.5 Å². The number of amides is 2. The van der Waals surface area contributed by atoms with Gasteiger partial charge in [-0.1, -0.05) is 44.2 Å². The van der Waals surface area contributed by atoms with Crippen molar-refractivity contribution in [3.8, 4) is 0 Å². The first-order valence-corrected chi connectivity index (χ1v) is 9.11. The molecule has 1 aromatic rings. The van der Waals surface area contributed by atoms with E-state index in [0.29, 0.717) is 12.8 Å². The van der Waals surface area contributed by atoms with E-state index in [1.54, 1.807) is 0 Å². The van der Waals surface area contributed by atoms with Gasteiger partial charge in [0.25, 0.3) is 0 Å². The third-order valence-corrected chi connectivity index (χ3v) is 4.14. The van der Waals surface area contributed by atoms with E-state index in [2.05, 4.69) is 23.3 Å². The number of nitrogens with two attached hydrogens (primary N) is 1. The molecule has 0 aromatic heterocycles. The molecule has 26 heavy (non-hydrogen) atoms. The third kappa shape index (κ3) is 7.45. The number of thiol groups is 1. The van der Waals surface area contributed by atoms with Crippen molar-refractivity contribution >= 4 is 30.4 Å². The molecule has 0 heterocycles. The Morgan fingerprint density at radius 3 is 2.15 bits per heavy atom. The van der Waals surface area contributed by atoms with E-state index in [4.69, 9.17) is 5.73 Å². The molecule has 8 heteroatoms. The zero-order valence-corrected chi connectivity index (χ0v) is 15.9. The zero-order valence-electron chi connectivity index (χ0n) is 15.0. The predicted octanol–water partition coefficient (Wildman–Crippen LogP) is 0.587. The molecule has 2 amide bonds. The molecule has 0 aliphatic carbocycles. The predicted molar refractivity (Wildman–Crippen MR) is 103 cm³/mol. The smallest absolute Gasteiger partial charge is 0.326 e. The van der Waals surface area contributed by atoms with Crippen molar-refractivity contribution in [2.24, 2.45) is 11.7 Å². The van der Waals surface area contributed by atoms with Crippen molar-refractivity contribution in [2.45, 2.75) is 44.8 Å². The molecular weight excluding hydrogens is 354 g/mol. The largest absolute Gasteiger partial charge is 0.480 e. The van der Waals surface area contributed by atoms with E-state index in [0.717, 1.165) is 5.56 Å². The third-order valence-electron chi connectivity index (χ3n) is 3.77. The van der Waals surface area contributed by atoms with Gasteiger partial charge in [0.1, 0.15) is 12.1 Å². The van der Waals surface area contributed by atoms with Gasteiger partial charge in [-0.15, -0.1) is 0 Å². The Balaban J connectivity index is 2.64. The fourth-order valence-corrected chi connectivity index (χ4v) is 2.66. The first kappa shape index (κ1) is 22.0. The van der Waals surface area contributed by atoms with Gasteiger partial charge in [-0.2, -0.15) is 12.6 Å². The number of rotatable bonds is 10. The first-order valence-electron chi connectivity index (χ1n) is 8.48. The summed E-state index contributed by atoms with van der Waals surface area (Å²) in [4.78, 5) is 35.8. The van der Waals surface area contributed by atoms with Crippen LogP contribution in [0.1, 0.15) is 25.8 Å².